The molecule has 22 heavy (non-hydrogen) atoms. The first-order valence-corrected chi connectivity index (χ1v) is 7.79. The molecule has 0 saturated heterocycles. The van der Waals surface area contributed by atoms with E-state index in [9.17, 15) is 0 Å². The van der Waals surface area contributed by atoms with Gasteiger partial charge in [-0.1, -0.05) is 41.5 Å². The Hall–Kier alpha value is -2.15. The summed E-state index contributed by atoms with van der Waals surface area (Å²) in [7, 11) is 0. The van der Waals surface area contributed by atoms with Crippen molar-refractivity contribution in [3.63, 3.8) is 0 Å². The van der Waals surface area contributed by atoms with E-state index in [-0.39, 0.29) is 0 Å². The number of hydrogen-bond donors (Lipinski definition) is 1. The zero-order valence-corrected chi connectivity index (χ0v) is 14.1. The molecule has 1 heteroatoms. The topological polar surface area (TPSA) is 23.9 Å². The Labute approximate surface area is 134 Å². The van der Waals surface area contributed by atoms with Crippen LogP contribution in [0.25, 0.3) is 11.1 Å². The van der Waals surface area contributed by atoms with Crippen molar-refractivity contribution in [1.82, 2.24) is 0 Å². The molecule has 0 unspecified atom stereocenters. The maximum Gasteiger partial charge on any atom is 0.0389 e. The molecule has 0 heterocycles. The lowest BCUT2D eigenvalue weighted by Gasteiger charge is -2.12. The molecule has 1 N–H and O–H groups in total. The quantitative estimate of drug-likeness (QED) is 0.516. The van der Waals surface area contributed by atoms with Crippen molar-refractivity contribution in [2.24, 2.45) is 0 Å². The van der Waals surface area contributed by atoms with Crippen molar-refractivity contribution in [2.45, 2.75) is 40.5 Å². The Bertz CT molecular complexity index is 723. The third-order valence-electron chi connectivity index (χ3n) is 4.05. The van der Waals surface area contributed by atoms with Crippen LogP contribution in [0, 0.1) is 26.2 Å². The monoisotopic (exact) mass is 291 g/mol. The first kappa shape index (κ1) is 16.2. The van der Waals surface area contributed by atoms with Crippen molar-refractivity contribution in [2.75, 3.05) is 0 Å². The lowest BCUT2D eigenvalue weighted by molar-refractivity contribution is 1.01. The number of allylic oxidation sites excluding steroid dienone is 1. The zero-order chi connectivity index (χ0) is 16.3. The molecule has 114 valence electrons. The van der Waals surface area contributed by atoms with Gasteiger partial charge < -0.3 is 5.41 Å². The van der Waals surface area contributed by atoms with Crippen LogP contribution in [0.3, 0.4) is 0 Å². The molecule has 0 fully saturated rings. The number of nitrogens with one attached hydrogen (secondary N) is 1. The van der Waals surface area contributed by atoms with Crippen LogP contribution in [0.4, 0.5) is 0 Å². The van der Waals surface area contributed by atoms with Gasteiger partial charge in [0.2, 0.25) is 0 Å². The Balaban J connectivity index is 2.30. The van der Waals surface area contributed by atoms with Gasteiger partial charge in [-0.15, -0.1) is 6.58 Å². The molecule has 0 saturated carbocycles. The minimum atomic E-state index is 0.693. The van der Waals surface area contributed by atoms with Gasteiger partial charge in [-0.25, -0.2) is 0 Å². The summed E-state index contributed by atoms with van der Waals surface area (Å²) in [6.45, 7) is 12.3. The van der Waals surface area contributed by atoms with Crippen molar-refractivity contribution in [3.8, 4) is 11.1 Å². The summed E-state index contributed by atoms with van der Waals surface area (Å²) in [6.07, 6.45) is 1.65. The second-order valence-electron chi connectivity index (χ2n) is 6.28. The summed E-state index contributed by atoms with van der Waals surface area (Å²) >= 11 is 0. The van der Waals surface area contributed by atoms with E-state index >= 15 is 0 Å². The molecule has 0 aliphatic carbocycles. The third kappa shape index (κ3) is 3.73. The smallest absolute Gasteiger partial charge is 0.0389 e. The Morgan fingerprint density at radius 2 is 1.50 bits per heavy atom. The minimum Gasteiger partial charge on any atom is -0.305 e. The van der Waals surface area contributed by atoms with E-state index in [1.165, 1.54) is 27.8 Å². The molecular formula is C21H25N. The molecule has 2 rings (SSSR count). The highest BCUT2D eigenvalue weighted by Crippen LogP contribution is 2.28. The van der Waals surface area contributed by atoms with Gasteiger partial charge in [0.1, 0.15) is 0 Å². The standard InChI is InChI=1S/C21H25N/c1-14(2)6-11-21(22)18-8-10-20(17(5)13-18)19-9-7-15(3)12-16(19)4/h7-10,12-13,22H,1,6,11H2,2-5H3. The SMILES string of the molecule is C=C(C)CCC(=N)c1ccc(-c2ccc(C)cc2C)c(C)c1. The van der Waals surface area contributed by atoms with Crippen molar-refractivity contribution >= 4 is 5.71 Å². The molecule has 0 bridgehead atoms. The molecular weight excluding hydrogens is 266 g/mol. The number of rotatable bonds is 5. The van der Waals surface area contributed by atoms with Gasteiger partial charge in [0.15, 0.2) is 0 Å². The lowest BCUT2D eigenvalue weighted by Crippen LogP contribution is -2.00. The first-order chi connectivity index (χ1) is 10.4. The molecule has 0 amide bonds. The van der Waals surface area contributed by atoms with Gasteiger partial charge in [0.05, 0.1) is 0 Å². The highest BCUT2D eigenvalue weighted by Gasteiger charge is 2.08. The van der Waals surface area contributed by atoms with Crippen LogP contribution in [0.5, 0.6) is 0 Å². The second-order valence-corrected chi connectivity index (χ2v) is 6.28. The maximum atomic E-state index is 8.22. The summed E-state index contributed by atoms with van der Waals surface area (Å²) in [5.74, 6) is 0. The third-order valence-corrected chi connectivity index (χ3v) is 4.05. The summed E-state index contributed by atoms with van der Waals surface area (Å²) < 4.78 is 0. The zero-order valence-electron chi connectivity index (χ0n) is 14.1. The van der Waals surface area contributed by atoms with Crippen LogP contribution in [0.2, 0.25) is 0 Å². The van der Waals surface area contributed by atoms with Gasteiger partial charge in [-0.2, -0.15) is 0 Å². The fourth-order valence-corrected chi connectivity index (χ4v) is 2.75. The average molecular weight is 291 g/mol. The molecule has 2 aromatic carbocycles. The van der Waals surface area contributed by atoms with Gasteiger partial charge in [-0.3, -0.25) is 0 Å². The number of aryl methyl sites for hydroxylation is 3. The summed E-state index contributed by atoms with van der Waals surface area (Å²) in [6, 6.07) is 12.9. The minimum absolute atomic E-state index is 0.693. The van der Waals surface area contributed by atoms with Crippen LogP contribution in [0.15, 0.2) is 48.6 Å². The Morgan fingerprint density at radius 3 is 2.05 bits per heavy atom. The van der Waals surface area contributed by atoms with Crippen LogP contribution >= 0.6 is 0 Å². The molecule has 0 aromatic heterocycles. The highest BCUT2D eigenvalue weighted by atomic mass is 14.4. The predicted molar refractivity (Wildman–Crippen MR) is 97.0 cm³/mol. The normalized spacial score (nSPS) is 10.5. The largest absolute Gasteiger partial charge is 0.305 e. The number of benzene rings is 2. The van der Waals surface area contributed by atoms with Gasteiger partial charge in [0, 0.05) is 5.71 Å². The van der Waals surface area contributed by atoms with Gasteiger partial charge in [0.25, 0.3) is 0 Å². The predicted octanol–water partition coefficient (Wildman–Crippen LogP) is 6.00. The maximum absolute atomic E-state index is 8.22. The van der Waals surface area contributed by atoms with Gasteiger partial charge >= 0.3 is 0 Å². The summed E-state index contributed by atoms with van der Waals surface area (Å²) in [5, 5.41) is 8.22. The molecule has 0 spiro atoms. The fourth-order valence-electron chi connectivity index (χ4n) is 2.75. The lowest BCUT2D eigenvalue weighted by atomic mass is 9.92. The second kappa shape index (κ2) is 6.74. The molecule has 0 aliphatic rings. The van der Waals surface area contributed by atoms with Crippen molar-refractivity contribution < 1.29 is 0 Å². The van der Waals surface area contributed by atoms with E-state index in [4.69, 9.17) is 5.41 Å². The summed E-state index contributed by atoms with van der Waals surface area (Å²) in [5.41, 5.74) is 9.20. The highest BCUT2D eigenvalue weighted by molar-refractivity contribution is 5.99. The molecule has 0 radical (unpaired) electrons. The van der Waals surface area contributed by atoms with Crippen molar-refractivity contribution in [3.05, 3.63) is 70.8 Å². The summed E-state index contributed by atoms with van der Waals surface area (Å²) in [4.78, 5) is 0. The fraction of sp³-hybridized carbons (Fsp3) is 0.286. The van der Waals surface area contributed by atoms with Gasteiger partial charge in [-0.05, 0) is 74.4 Å². The molecule has 1 nitrogen and oxygen atoms in total. The number of hydrogen-bond acceptors (Lipinski definition) is 1. The molecule has 2 aromatic rings. The average Bonchev–Trinajstić information content (AvgIpc) is 2.45. The van der Waals surface area contributed by atoms with E-state index in [1.54, 1.807) is 0 Å². The van der Waals surface area contributed by atoms with Crippen LogP contribution < -0.4 is 0 Å². The molecule has 0 aliphatic heterocycles. The van der Waals surface area contributed by atoms with E-state index in [0.29, 0.717) is 5.71 Å². The van der Waals surface area contributed by atoms with E-state index in [2.05, 4.69) is 63.7 Å². The van der Waals surface area contributed by atoms with E-state index in [1.807, 2.05) is 6.92 Å². The van der Waals surface area contributed by atoms with Crippen LogP contribution in [0.1, 0.15) is 42.0 Å². The Morgan fingerprint density at radius 1 is 0.909 bits per heavy atom. The van der Waals surface area contributed by atoms with E-state index < -0.39 is 0 Å². The molecule has 0 atom stereocenters. The van der Waals surface area contributed by atoms with E-state index in [0.717, 1.165) is 24.0 Å². The first-order valence-electron chi connectivity index (χ1n) is 7.79. The van der Waals surface area contributed by atoms with Crippen LogP contribution in [-0.4, -0.2) is 5.71 Å². The van der Waals surface area contributed by atoms with Crippen LogP contribution in [-0.2, 0) is 0 Å². The Kier molecular flexibility index (Phi) is 4.97. The van der Waals surface area contributed by atoms with Crippen molar-refractivity contribution in [1.29, 1.82) is 5.41 Å².